The van der Waals surface area contributed by atoms with Gasteiger partial charge in [0.1, 0.15) is 11.6 Å². The molecule has 0 heterocycles. The molecule has 1 rings (SSSR count). The Labute approximate surface area is 133 Å². The third-order valence-electron chi connectivity index (χ3n) is 3.03. The molecular weight excluding hydrogens is 307 g/mol. The van der Waals surface area contributed by atoms with Gasteiger partial charge in [-0.25, -0.2) is 0 Å². The second kappa shape index (κ2) is 8.22. The number of nitrogens with one attached hydrogen (secondary N) is 1. The van der Waals surface area contributed by atoms with E-state index in [0.717, 1.165) is 25.0 Å². The van der Waals surface area contributed by atoms with Gasteiger partial charge in [0.2, 0.25) is 0 Å². The number of nitrogens with zero attached hydrogens (tertiary/aromatic N) is 2. The van der Waals surface area contributed by atoms with E-state index in [2.05, 4.69) is 5.32 Å². The van der Waals surface area contributed by atoms with Crippen molar-refractivity contribution in [2.75, 3.05) is 18.9 Å². The van der Waals surface area contributed by atoms with Crippen LogP contribution in [0.25, 0.3) is 0 Å². The van der Waals surface area contributed by atoms with Crippen LogP contribution in [0.4, 0.5) is 18.9 Å². The summed E-state index contributed by atoms with van der Waals surface area (Å²) in [7, 11) is 1.73. The molecule has 0 unspecified atom stereocenters. The van der Waals surface area contributed by atoms with Gasteiger partial charge in [0.05, 0.1) is 5.56 Å². The lowest BCUT2D eigenvalue weighted by Gasteiger charge is -2.14. The number of anilines is 1. The molecule has 4 nitrogen and oxygen atoms in total. The summed E-state index contributed by atoms with van der Waals surface area (Å²) < 4.78 is 37.9. The van der Waals surface area contributed by atoms with Crippen LogP contribution in [0.3, 0.4) is 0 Å². The lowest BCUT2D eigenvalue weighted by Crippen LogP contribution is -2.19. The first-order chi connectivity index (χ1) is 10.8. The highest BCUT2D eigenvalue weighted by atomic mass is 19.4. The highest BCUT2D eigenvalue weighted by molar-refractivity contribution is 6.06. The van der Waals surface area contributed by atoms with E-state index in [1.165, 1.54) is 18.3 Å². The number of rotatable bonds is 6. The van der Waals surface area contributed by atoms with Crippen molar-refractivity contribution in [1.82, 2.24) is 4.90 Å². The van der Waals surface area contributed by atoms with Crippen molar-refractivity contribution in [1.29, 1.82) is 5.26 Å². The second-order valence-corrected chi connectivity index (χ2v) is 5.02. The first-order valence-electron chi connectivity index (χ1n) is 7.08. The number of halogens is 3. The summed E-state index contributed by atoms with van der Waals surface area (Å²) in [5.41, 5.74) is -1.04. The molecule has 0 saturated carbocycles. The molecular formula is C16H18F3N3O. The van der Waals surface area contributed by atoms with E-state index in [-0.39, 0.29) is 11.3 Å². The van der Waals surface area contributed by atoms with Crippen LogP contribution in [-0.4, -0.2) is 24.4 Å². The van der Waals surface area contributed by atoms with Crippen molar-refractivity contribution in [3.63, 3.8) is 0 Å². The zero-order valence-corrected chi connectivity index (χ0v) is 12.9. The molecule has 1 aromatic rings. The van der Waals surface area contributed by atoms with Gasteiger partial charge >= 0.3 is 6.18 Å². The van der Waals surface area contributed by atoms with Gasteiger partial charge in [0.25, 0.3) is 5.91 Å². The largest absolute Gasteiger partial charge is 0.416 e. The SMILES string of the molecule is CCCCN(C)/C=C(/C#N)C(=O)Nc1cccc(C(F)(F)F)c1. The fourth-order valence-electron chi connectivity index (χ4n) is 1.80. The molecule has 0 aromatic heterocycles. The van der Waals surface area contributed by atoms with Crippen LogP contribution < -0.4 is 5.32 Å². The van der Waals surface area contributed by atoms with Crippen LogP contribution in [0.15, 0.2) is 36.0 Å². The van der Waals surface area contributed by atoms with Crippen molar-refractivity contribution >= 4 is 11.6 Å². The molecule has 23 heavy (non-hydrogen) atoms. The van der Waals surface area contributed by atoms with Gasteiger partial charge in [-0.3, -0.25) is 4.79 Å². The molecule has 0 aliphatic heterocycles. The molecule has 0 aliphatic carbocycles. The highest BCUT2D eigenvalue weighted by Crippen LogP contribution is 2.30. The molecule has 0 fully saturated rings. The Balaban J connectivity index is 2.85. The number of unbranched alkanes of at least 4 members (excludes halogenated alkanes) is 1. The fraction of sp³-hybridized carbons (Fsp3) is 0.375. The zero-order chi connectivity index (χ0) is 17.5. The van der Waals surface area contributed by atoms with Gasteiger partial charge in [-0.15, -0.1) is 0 Å². The van der Waals surface area contributed by atoms with Crippen molar-refractivity contribution in [2.45, 2.75) is 25.9 Å². The molecule has 124 valence electrons. The topological polar surface area (TPSA) is 56.1 Å². The van der Waals surface area contributed by atoms with Crippen LogP contribution in [0, 0.1) is 11.3 Å². The smallest absolute Gasteiger partial charge is 0.379 e. The second-order valence-electron chi connectivity index (χ2n) is 5.02. The van der Waals surface area contributed by atoms with Crippen LogP contribution in [0.2, 0.25) is 0 Å². The minimum absolute atomic E-state index is 0.0119. The quantitative estimate of drug-likeness (QED) is 0.639. The van der Waals surface area contributed by atoms with E-state index < -0.39 is 17.6 Å². The standard InChI is InChI=1S/C16H18F3N3O/c1-3-4-8-22(2)11-12(10-20)15(23)21-14-7-5-6-13(9-14)16(17,18)19/h5-7,9,11H,3-4,8H2,1-2H3,(H,21,23)/b12-11-. The van der Waals surface area contributed by atoms with E-state index in [0.29, 0.717) is 6.54 Å². The normalized spacial score (nSPS) is 11.7. The first-order valence-corrected chi connectivity index (χ1v) is 7.08. The molecule has 1 aromatic carbocycles. The summed E-state index contributed by atoms with van der Waals surface area (Å²) in [6, 6.07) is 6.03. The van der Waals surface area contributed by atoms with Gasteiger partial charge in [0, 0.05) is 25.5 Å². The van der Waals surface area contributed by atoms with Crippen LogP contribution in [-0.2, 0) is 11.0 Å². The maximum atomic E-state index is 12.6. The zero-order valence-electron chi connectivity index (χ0n) is 12.9. The number of amides is 1. The van der Waals surface area contributed by atoms with Gasteiger partial charge in [-0.1, -0.05) is 19.4 Å². The molecule has 0 spiro atoms. The molecule has 0 saturated heterocycles. The molecule has 0 radical (unpaired) electrons. The summed E-state index contributed by atoms with van der Waals surface area (Å²) in [4.78, 5) is 13.7. The Kier molecular flexibility index (Phi) is 6.64. The van der Waals surface area contributed by atoms with Gasteiger partial charge < -0.3 is 10.2 Å². The molecule has 1 amide bonds. The van der Waals surface area contributed by atoms with Crippen LogP contribution >= 0.6 is 0 Å². The number of hydrogen-bond donors (Lipinski definition) is 1. The summed E-state index contributed by atoms with van der Waals surface area (Å²) in [6.45, 7) is 2.70. The fourth-order valence-corrected chi connectivity index (χ4v) is 1.80. The van der Waals surface area contributed by atoms with Gasteiger partial charge in [-0.2, -0.15) is 18.4 Å². The Morgan fingerprint density at radius 1 is 1.43 bits per heavy atom. The average molecular weight is 325 g/mol. The lowest BCUT2D eigenvalue weighted by molar-refractivity contribution is -0.137. The van der Waals surface area contributed by atoms with Gasteiger partial charge in [0.15, 0.2) is 0 Å². The molecule has 0 bridgehead atoms. The Hall–Kier alpha value is -2.49. The molecule has 0 aliphatic rings. The predicted molar refractivity (Wildman–Crippen MR) is 81.3 cm³/mol. The minimum atomic E-state index is -4.49. The maximum Gasteiger partial charge on any atom is 0.416 e. The number of carbonyl (C=O) groups is 1. The Bertz CT molecular complexity index is 618. The number of hydrogen-bond acceptors (Lipinski definition) is 3. The number of nitriles is 1. The Morgan fingerprint density at radius 2 is 2.13 bits per heavy atom. The van der Waals surface area contributed by atoms with E-state index in [9.17, 15) is 18.0 Å². The summed E-state index contributed by atoms with van der Waals surface area (Å²) in [5.74, 6) is -0.741. The molecule has 0 atom stereocenters. The average Bonchev–Trinajstić information content (AvgIpc) is 2.49. The van der Waals surface area contributed by atoms with Crippen molar-refractivity contribution < 1.29 is 18.0 Å². The predicted octanol–water partition coefficient (Wildman–Crippen LogP) is 3.78. The number of alkyl halides is 3. The van der Waals surface area contributed by atoms with E-state index in [1.807, 2.05) is 6.92 Å². The van der Waals surface area contributed by atoms with Crippen molar-refractivity contribution in [3.8, 4) is 6.07 Å². The first kappa shape index (κ1) is 18.6. The van der Waals surface area contributed by atoms with Crippen molar-refractivity contribution in [3.05, 3.63) is 41.6 Å². The minimum Gasteiger partial charge on any atom is -0.379 e. The van der Waals surface area contributed by atoms with Crippen LogP contribution in [0.5, 0.6) is 0 Å². The van der Waals surface area contributed by atoms with Gasteiger partial charge in [-0.05, 0) is 24.6 Å². The summed E-state index contributed by atoms with van der Waals surface area (Å²) in [6.07, 6.45) is -1.23. The summed E-state index contributed by atoms with van der Waals surface area (Å²) >= 11 is 0. The maximum absolute atomic E-state index is 12.6. The van der Waals surface area contributed by atoms with Crippen LogP contribution in [0.1, 0.15) is 25.3 Å². The third kappa shape index (κ3) is 6.02. The van der Waals surface area contributed by atoms with E-state index in [4.69, 9.17) is 5.26 Å². The van der Waals surface area contributed by atoms with E-state index in [1.54, 1.807) is 18.0 Å². The van der Waals surface area contributed by atoms with Crippen molar-refractivity contribution in [2.24, 2.45) is 0 Å². The monoisotopic (exact) mass is 325 g/mol. The molecule has 7 heteroatoms. The third-order valence-corrected chi connectivity index (χ3v) is 3.03. The highest BCUT2D eigenvalue weighted by Gasteiger charge is 2.30. The Morgan fingerprint density at radius 3 is 2.70 bits per heavy atom. The lowest BCUT2D eigenvalue weighted by atomic mass is 10.2. The number of carbonyl (C=O) groups excluding carboxylic acids is 1. The number of benzene rings is 1. The molecule has 1 N–H and O–H groups in total. The van der Waals surface area contributed by atoms with E-state index >= 15 is 0 Å². The summed E-state index contributed by atoms with van der Waals surface area (Å²) in [5, 5.41) is 11.4.